The largest absolute Gasteiger partial charge is 0.398 e. The maximum atomic E-state index is 12.3. The Bertz CT molecular complexity index is 1580. The van der Waals surface area contributed by atoms with Gasteiger partial charge in [0.1, 0.15) is 0 Å². The van der Waals surface area contributed by atoms with Crippen LogP contribution in [0.3, 0.4) is 0 Å². The molecule has 39 heavy (non-hydrogen) atoms. The third-order valence-corrected chi connectivity index (χ3v) is 8.63. The first-order valence-corrected chi connectivity index (χ1v) is 15.9. The van der Waals surface area contributed by atoms with Gasteiger partial charge in [-0.15, -0.1) is 0 Å². The minimum Gasteiger partial charge on any atom is -0.398 e. The molecule has 0 saturated heterocycles. The molecule has 0 aromatic heterocycles. The zero-order valence-corrected chi connectivity index (χ0v) is 25.4. The summed E-state index contributed by atoms with van der Waals surface area (Å²) in [4.78, 5) is 0.422. The molecule has 0 saturated carbocycles. The summed E-state index contributed by atoms with van der Waals surface area (Å²) in [5.74, 6) is 0. The molecule has 0 atom stereocenters. The van der Waals surface area contributed by atoms with E-state index >= 15 is 0 Å². The van der Waals surface area contributed by atoms with E-state index in [1.807, 2.05) is 77.9 Å². The average Bonchev–Trinajstić information content (AvgIpc) is 2.86. The number of hydrogen-bond donors (Lipinski definition) is 2. The molecule has 4 rings (SSSR count). The van der Waals surface area contributed by atoms with Crippen molar-refractivity contribution in [1.29, 1.82) is 0 Å². The van der Waals surface area contributed by atoms with Crippen LogP contribution in [0.1, 0.15) is 33.4 Å². The number of halogens is 1. The van der Waals surface area contributed by atoms with Gasteiger partial charge in [0.2, 0.25) is 0 Å². The van der Waals surface area contributed by atoms with Gasteiger partial charge in [0.05, 0.1) is 15.5 Å². The fourth-order valence-electron chi connectivity index (χ4n) is 3.41. The predicted molar refractivity (Wildman–Crippen MR) is 162 cm³/mol. The fraction of sp³-hybridized carbons (Fsp3) is 0.200. The Hall–Kier alpha value is -3.33. The summed E-state index contributed by atoms with van der Waals surface area (Å²) in [6.07, 6.45) is 0. The van der Waals surface area contributed by atoms with Gasteiger partial charge in [-0.05, 0) is 88.1 Å². The molecule has 4 aromatic rings. The lowest BCUT2D eigenvalue weighted by Gasteiger charge is -2.13. The van der Waals surface area contributed by atoms with Crippen LogP contribution in [0, 0.1) is 41.5 Å². The van der Waals surface area contributed by atoms with Crippen molar-refractivity contribution in [1.82, 2.24) is 0 Å². The zero-order valence-electron chi connectivity index (χ0n) is 23.0. The molecule has 0 aliphatic heterocycles. The van der Waals surface area contributed by atoms with Gasteiger partial charge in [-0.3, -0.25) is 4.72 Å². The van der Waals surface area contributed by atoms with Gasteiger partial charge in [0.25, 0.3) is 19.1 Å². The van der Waals surface area contributed by atoms with Crippen molar-refractivity contribution < 1.29 is 16.8 Å². The number of hydrogen-bond acceptors (Lipinski definition) is 5. The van der Waals surface area contributed by atoms with Gasteiger partial charge in [-0.1, -0.05) is 71.8 Å². The molecule has 0 radical (unpaired) electrons. The molecule has 0 unspecified atom stereocenters. The zero-order chi connectivity index (χ0) is 29.4. The third-order valence-electron chi connectivity index (χ3n) is 5.89. The smallest absolute Gasteiger partial charge is 0.261 e. The number of sulfonamides is 1. The minimum absolute atomic E-state index is 0.143. The molecule has 0 amide bonds. The number of benzene rings is 4. The number of anilines is 2. The van der Waals surface area contributed by atoms with Crippen LogP contribution in [-0.2, 0) is 19.1 Å². The van der Waals surface area contributed by atoms with Crippen molar-refractivity contribution in [2.45, 2.75) is 51.3 Å². The Kier molecular flexibility index (Phi) is 11.2. The quantitative estimate of drug-likeness (QED) is 0.194. The maximum Gasteiger partial charge on any atom is 0.261 e. The number of nitrogens with two attached hydrogens (primary N) is 1. The number of rotatable bonds is 4. The molecule has 208 valence electrons. The summed E-state index contributed by atoms with van der Waals surface area (Å²) < 4.78 is 48.7. The molecule has 4 aromatic carbocycles. The van der Waals surface area contributed by atoms with Gasteiger partial charge in [-0.2, -0.15) is 0 Å². The molecule has 0 aliphatic rings. The van der Waals surface area contributed by atoms with E-state index in [2.05, 4.69) is 4.72 Å². The Labute approximate surface area is 237 Å². The van der Waals surface area contributed by atoms with E-state index < -0.39 is 19.1 Å². The highest BCUT2D eigenvalue weighted by atomic mass is 35.7. The minimum atomic E-state index is -3.55. The van der Waals surface area contributed by atoms with Crippen LogP contribution in [0.4, 0.5) is 11.4 Å². The molecule has 9 heteroatoms. The van der Waals surface area contributed by atoms with Gasteiger partial charge >= 0.3 is 0 Å². The molecule has 0 heterocycles. The highest BCUT2D eigenvalue weighted by molar-refractivity contribution is 8.13. The Balaban J connectivity index is 0.000000226. The first kappa shape index (κ1) is 31.9. The lowest BCUT2D eigenvalue weighted by molar-refractivity contribution is 0.601. The Morgan fingerprint density at radius 2 is 0.923 bits per heavy atom. The molecule has 0 spiro atoms. The van der Waals surface area contributed by atoms with Crippen LogP contribution in [0.15, 0.2) is 94.7 Å². The van der Waals surface area contributed by atoms with Gasteiger partial charge < -0.3 is 5.73 Å². The van der Waals surface area contributed by atoms with Crippen molar-refractivity contribution in [3.8, 4) is 0 Å². The summed E-state index contributed by atoms with van der Waals surface area (Å²) in [6, 6.07) is 24.9. The standard InChI is InChI=1S/C15H17NO2S.C8H11N.C7H7ClO2S/c1-11-7-9-14(10-8-11)19(17,18)16-15-12(2)5-4-6-13(15)3;1-6-4-3-5-7(2)8(6)9;1-6-2-4-7(5-3-6)11(8,9)10/h4-10,16H,1-3H3;3-5H,9H2,1-2H3;2-5H,1H3. The van der Waals surface area contributed by atoms with E-state index in [0.717, 1.165) is 39.1 Å². The summed E-state index contributed by atoms with van der Waals surface area (Å²) in [5.41, 5.74) is 13.4. The second-order valence-corrected chi connectivity index (χ2v) is 13.5. The number of para-hydroxylation sites is 2. The van der Waals surface area contributed by atoms with Crippen molar-refractivity contribution in [2.75, 3.05) is 10.5 Å². The number of nitrogen functional groups attached to an aromatic ring is 1. The topological polar surface area (TPSA) is 106 Å². The second-order valence-electron chi connectivity index (χ2n) is 9.24. The Morgan fingerprint density at radius 3 is 1.28 bits per heavy atom. The molecule has 6 nitrogen and oxygen atoms in total. The van der Waals surface area contributed by atoms with Crippen LogP contribution in [0.5, 0.6) is 0 Å². The second kappa shape index (κ2) is 13.6. The van der Waals surface area contributed by atoms with Gasteiger partial charge in [0, 0.05) is 16.4 Å². The average molecular weight is 587 g/mol. The van der Waals surface area contributed by atoms with Crippen molar-refractivity contribution in [3.63, 3.8) is 0 Å². The highest BCUT2D eigenvalue weighted by Gasteiger charge is 2.16. The van der Waals surface area contributed by atoms with Crippen LogP contribution >= 0.6 is 10.7 Å². The molecule has 3 N–H and O–H groups in total. The lowest BCUT2D eigenvalue weighted by Crippen LogP contribution is -2.14. The normalized spacial score (nSPS) is 10.9. The first-order chi connectivity index (χ1) is 18.1. The van der Waals surface area contributed by atoms with E-state index in [1.54, 1.807) is 36.4 Å². The highest BCUT2D eigenvalue weighted by Crippen LogP contribution is 2.23. The van der Waals surface area contributed by atoms with E-state index in [9.17, 15) is 16.8 Å². The van der Waals surface area contributed by atoms with Crippen LogP contribution in [-0.4, -0.2) is 16.8 Å². The van der Waals surface area contributed by atoms with Gasteiger partial charge in [-0.25, -0.2) is 16.8 Å². The van der Waals surface area contributed by atoms with Crippen molar-refractivity contribution in [2.24, 2.45) is 0 Å². The van der Waals surface area contributed by atoms with Crippen molar-refractivity contribution in [3.05, 3.63) is 118 Å². The summed E-state index contributed by atoms with van der Waals surface area (Å²) in [7, 11) is -1.99. The predicted octanol–water partition coefficient (Wildman–Crippen LogP) is 7.22. The van der Waals surface area contributed by atoms with E-state index in [1.165, 1.54) is 12.1 Å². The molecule has 0 aliphatic carbocycles. The molecule has 0 fully saturated rings. The fourth-order valence-corrected chi connectivity index (χ4v) is 5.39. The third kappa shape index (κ3) is 9.73. The lowest BCUT2D eigenvalue weighted by atomic mass is 10.1. The van der Waals surface area contributed by atoms with E-state index in [4.69, 9.17) is 16.4 Å². The van der Waals surface area contributed by atoms with Crippen LogP contribution < -0.4 is 10.5 Å². The first-order valence-electron chi connectivity index (χ1n) is 12.1. The summed E-state index contributed by atoms with van der Waals surface area (Å²) in [6.45, 7) is 11.6. The van der Waals surface area contributed by atoms with E-state index in [0.29, 0.717) is 5.69 Å². The molecular formula is C30H35ClN2O4S2. The van der Waals surface area contributed by atoms with Crippen LogP contribution in [0.25, 0.3) is 0 Å². The molecule has 0 bridgehead atoms. The van der Waals surface area contributed by atoms with Crippen molar-refractivity contribution >= 4 is 41.1 Å². The monoisotopic (exact) mass is 586 g/mol. The summed E-state index contributed by atoms with van der Waals surface area (Å²) in [5, 5.41) is 0. The van der Waals surface area contributed by atoms with Crippen LogP contribution in [0.2, 0.25) is 0 Å². The summed E-state index contributed by atoms with van der Waals surface area (Å²) >= 11 is 0. The number of nitrogens with one attached hydrogen (secondary N) is 1. The van der Waals surface area contributed by atoms with E-state index in [-0.39, 0.29) is 9.79 Å². The SMILES string of the molecule is Cc1ccc(S(=O)(=O)Cl)cc1.Cc1ccc(S(=O)(=O)Nc2c(C)cccc2C)cc1.Cc1cccc(C)c1N. The molecular weight excluding hydrogens is 552 g/mol. The number of aryl methyl sites for hydroxylation is 6. The maximum absolute atomic E-state index is 12.3. The Morgan fingerprint density at radius 1 is 0.564 bits per heavy atom. The van der Waals surface area contributed by atoms with Gasteiger partial charge in [0.15, 0.2) is 0 Å².